The monoisotopic (exact) mass is 236 g/mol. The lowest BCUT2D eigenvalue weighted by molar-refractivity contribution is 0.175. The van der Waals surface area contributed by atoms with Gasteiger partial charge in [-0.2, -0.15) is 0 Å². The van der Waals surface area contributed by atoms with Crippen molar-refractivity contribution in [3.05, 3.63) is 21.9 Å². The second kappa shape index (κ2) is 5.46. The molecule has 1 fully saturated rings. The number of nitrogens with two attached hydrogens (primary N) is 1. The maximum absolute atomic E-state index is 9.46. The van der Waals surface area contributed by atoms with Crippen molar-refractivity contribution in [2.45, 2.75) is 19.1 Å². The molecule has 2 heterocycles. The fraction of sp³-hybridized carbons (Fsp3) is 0.500. The van der Waals surface area contributed by atoms with E-state index in [-0.39, 0.29) is 6.10 Å². The van der Waals surface area contributed by atoms with Crippen molar-refractivity contribution < 1.29 is 5.11 Å². The fourth-order valence-corrected chi connectivity index (χ4v) is 2.75. The molecule has 0 aliphatic carbocycles. The average molecular weight is 236 g/mol. The summed E-state index contributed by atoms with van der Waals surface area (Å²) in [5.41, 5.74) is 6.44. The van der Waals surface area contributed by atoms with Crippen LogP contribution in [0.1, 0.15) is 16.9 Å². The number of nitrogens with zero attached hydrogens (tertiary/aromatic N) is 1. The fourth-order valence-electron chi connectivity index (χ4n) is 1.88. The maximum Gasteiger partial charge on any atom is 0.0679 e. The number of aliphatic hydroxyl groups is 1. The first kappa shape index (κ1) is 11.6. The minimum atomic E-state index is -0.154. The van der Waals surface area contributed by atoms with E-state index in [4.69, 9.17) is 5.73 Å². The SMILES string of the molecule is NCC#Cc1ccsc1CN1CCC(O)C1. The van der Waals surface area contributed by atoms with Gasteiger partial charge in [0.15, 0.2) is 0 Å². The Morgan fingerprint density at radius 2 is 2.50 bits per heavy atom. The van der Waals surface area contributed by atoms with Gasteiger partial charge in [0.25, 0.3) is 0 Å². The minimum absolute atomic E-state index is 0.154. The molecule has 0 amide bonds. The van der Waals surface area contributed by atoms with Crippen LogP contribution in [0.15, 0.2) is 11.4 Å². The van der Waals surface area contributed by atoms with Crippen LogP contribution < -0.4 is 5.73 Å². The average Bonchev–Trinajstić information content (AvgIpc) is 2.86. The van der Waals surface area contributed by atoms with Crippen molar-refractivity contribution in [3.8, 4) is 11.8 Å². The Morgan fingerprint density at radius 1 is 1.62 bits per heavy atom. The van der Waals surface area contributed by atoms with Crippen molar-refractivity contribution in [2.75, 3.05) is 19.6 Å². The van der Waals surface area contributed by atoms with E-state index in [0.29, 0.717) is 6.54 Å². The number of thiophene rings is 1. The van der Waals surface area contributed by atoms with Crippen molar-refractivity contribution in [2.24, 2.45) is 5.73 Å². The van der Waals surface area contributed by atoms with Crippen LogP contribution in [0, 0.1) is 11.8 Å². The largest absolute Gasteiger partial charge is 0.392 e. The Bertz CT molecular complexity index is 405. The van der Waals surface area contributed by atoms with Gasteiger partial charge in [0, 0.05) is 30.1 Å². The summed E-state index contributed by atoms with van der Waals surface area (Å²) in [4.78, 5) is 3.54. The molecular formula is C12H16N2OS. The number of likely N-dealkylation sites (tertiary alicyclic amines) is 1. The smallest absolute Gasteiger partial charge is 0.0679 e. The van der Waals surface area contributed by atoms with Crippen LogP contribution in [-0.4, -0.2) is 35.7 Å². The van der Waals surface area contributed by atoms with E-state index in [2.05, 4.69) is 22.1 Å². The molecule has 1 aliphatic heterocycles. The normalized spacial score (nSPS) is 20.8. The number of aliphatic hydroxyl groups excluding tert-OH is 1. The molecule has 1 aliphatic rings. The second-order valence-corrected chi connectivity index (χ2v) is 4.94. The molecule has 3 N–H and O–H groups in total. The van der Waals surface area contributed by atoms with E-state index in [1.165, 1.54) is 4.88 Å². The summed E-state index contributed by atoms with van der Waals surface area (Å²) >= 11 is 1.72. The summed E-state index contributed by atoms with van der Waals surface area (Å²) in [6, 6.07) is 2.04. The van der Waals surface area contributed by atoms with Crippen molar-refractivity contribution in [1.29, 1.82) is 0 Å². The van der Waals surface area contributed by atoms with Gasteiger partial charge in [-0.25, -0.2) is 0 Å². The number of β-amino-alcohol motifs (C(OH)–C–C–N with tert-alkyl or cyclic N) is 1. The number of rotatable bonds is 2. The first-order valence-electron chi connectivity index (χ1n) is 5.45. The highest BCUT2D eigenvalue weighted by Gasteiger charge is 2.20. The second-order valence-electron chi connectivity index (χ2n) is 3.94. The third-order valence-electron chi connectivity index (χ3n) is 2.69. The van der Waals surface area contributed by atoms with Gasteiger partial charge in [-0.15, -0.1) is 11.3 Å². The van der Waals surface area contributed by atoms with Crippen LogP contribution in [0.25, 0.3) is 0 Å². The zero-order chi connectivity index (χ0) is 11.4. The lowest BCUT2D eigenvalue weighted by atomic mass is 10.2. The molecule has 0 spiro atoms. The van der Waals surface area contributed by atoms with Crippen LogP contribution >= 0.6 is 11.3 Å². The Morgan fingerprint density at radius 3 is 3.19 bits per heavy atom. The van der Waals surface area contributed by atoms with Crippen molar-refractivity contribution >= 4 is 11.3 Å². The van der Waals surface area contributed by atoms with Gasteiger partial charge in [0.05, 0.1) is 12.6 Å². The molecule has 16 heavy (non-hydrogen) atoms. The summed E-state index contributed by atoms with van der Waals surface area (Å²) in [5, 5.41) is 11.5. The number of hydrogen-bond donors (Lipinski definition) is 2. The topological polar surface area (TPSA) is 49.5 Å². The van der Waals surface area contributed by atoms with Crippen LogP contribution in [0.2, 0.25) is 0 Å². The van der Waals surface area contributed by atoms with Gasteiger partial charge in [-0.05, 0) is 17.9 Å². The van der Waals surface area contributed by atoms with Gasteiger partial charge in [0.1, 0.15) is 0 Å². The zero-order valence-corrected chi connectivity index (χ0v) is 9.96. The first-order chi connectivity index (χ1) is 7.79. The van der Waals surface area contributed by atoms with Gasteiger partial charge in [-0.3, -0.25) is 4.90 Å². The lowest BCUT2D eigenvalue weighted by Crippen LogP contribution is -2.21. The third kappa shape index (κ3) is 2.83. The molecule has 4 heteroatoms. The van der Waals surface area contributed by atoms with Crippen molar-refractivity contribution in [3.63, 3.8) is 0 Å². The Balaban J connectivity index is 2.01. The predicted molar refractivity (Wildman–Crippen MR) is 66.2 cm³/mol. The molecule has 1 atom stereocenters. The molecule has 0 radical (unpaired) electrons. The van der Waals surface area contributed by atoms with Gasteiger partial charge >= 0.3 is 0 Å². The van der Waals surface area contributed by atoms with Gasteiger partial charge < -0.3 is 10.8 Å². The minimum Gasteiger partial charge on any atom is -0.392 e. The predicted octanol–water partition coefficient (Wildman–Crippen LogP) is 0.625. The number of hydrogen-bond acceptors (Lipinski definition) is 4. The van der Waals surface area contributed by atoms with E-state index in [1.54, 1.807) is 11.3 Å². The van der Waals surface area contributed by atoms with E-state index in [9.17, 15) is 5.11 Å². The van der Waals surface area contributed by atoms with E-state index in [0.717, 1.165) is 31.6 Å². The third-order valence-corrected chi connectivity index (χ3v) is 3.59. The molecule has 1 unspecified atom stereocenters. The highest BCUT2D eigenvalue weighted by atomic mass is 32.1. The zero-order valence-electron chi connectivity index (χ0n) is 9.15. The summed E-state index contributed by atoms with van der Waals surface area (Å²) in [6.07, 6.45) is 0.730. The van der Waals surface area contributed by atoms with Crippen molar-refractivity contribution in [1.82, 2.24) is 4.90 Å². The van der Waals surface area contributed by atoms with E-state index >= 15 is 0 Å². The van der Waals surface area contributed by atoms with E-state index in [1.807, 2.05) is 6.07 Å². The highest BCUT2D eigenvalue weighted by Crippen LogP contribution is 2.20. The Labute approximate surface area is 99.9 Å². The maximum atomic E-state index is 9.46. The molecule has 1 aromatic rings. The standard InChI is InChI=1S/C12H16N2OS/c13-5-1-2-10-4-7-16-12(10)9-14-6-3-11(15)8-14/h4,7,11,15H,3,5-6,8-9,13H2. The molecule has 86 valence electrons. The van der Waals surface area contributed by atoms with E-state index < -0.39 is 0 Å². The first-order valence-corrected chi connectivity index (χ1v) is 6.33. The molecule has 1 aromatic heterocycles. The molecule has 0 saturated carbocycles. The highest BCUT2D eigenvalue weighted by molar-refractivity contribution is 7.10. The van der Waals surface area contributed by atoms with Crippen LogP contribution in [0.4, 0.5) is 0 Å². The summed E-state index contributed by atoms with van der Waals surface area (Å²) in [5.74, 6) is 5.97. The Hall–Kier alpha value is -0.860. The lowest BCUT2D eigenvalue weighted by Gasteiger charge is -2.13. The molecule has 1 saturated heterocycles. The Kier molecular flexibility index (Phi) is 3.97. The van der Waals surface area contributed by atoms with Crippen LogP contribution in [0.3, 0.4) is 0 Å². The molecule has 2 rings (SSSR count). The quantitative estimate of drug-likeness (QED) is 0.740. The van der Waals surface area contributed by atoms with Crippen LogP contribution in [0.5, 0.6) is 0 Å². The molecule has 0 aromatic carbocycles. The summed E-state index contributed by atoms with van der Waals surface area (Å²) < 4.78 is 0. The summed E-state index contributed by atoms with van der Waals surface area (Å²) in [6.45, 7) is 3.05. The molecular weight excluding hydrogens is 220 g/mol. The van der Waals surface area contributed by atoms with Gasteiger partial charge in [0.2, 0.25) is 0 Å². The molecule has 3 nitrogen and oxygen atoms in total. The molecule has 0 bridgehead atoms. The van der Waals surface area contributed by atoms with Gasteiger partial charge in [-0.1, -0.05) is 11.8 Å². The van der Waals surface area contributed by atoms with Crippen LogP contribution in [-0.2, 0) is 6.54 Å². The summed E-state index contributed by atoms with van der Waals surface area (Å²) in [7, 11) is 0.